The van der Waals surface area contributed by atoms with Crippen LogP contribution in [0.5, 0.6) is 0 Å². The number of nitrogens with zero attached hydrogens (tertiary/aromatic N) is 3. The molecule has 1 aromatic carbocycles. The van der Waals surface area contributed by atoms with Gasteiger partial charge in [-0.15, -0.1) is 0 Å². The quantitative estimate of drug-likeness (QED) is 0.631. The number of aromatic nitrogens is 1. The van der Waals surface area contributed by atoms with Gasteiger partial charge in [-0.2, -0.15) is 0 Å². The number of unbranched alkanes of at least 4 members (excludes halogenated alkanes) is 1. The van der Waals surface area contributed by atoms with Crippen LogP contribution in [0.1, 0.15) is 43.9 Å². The van der Waals surface area contributed by atoms with Crippen molar-refractivity contribution in [1.82, 2.24) is 14.4 Å². The van der Waals surface area contributed by atoms with Crippen LogP contribution in [0.4, 0.5) is 0 Å². The van der Waals surface area contributed by atoms with Crippen LogP contribution in [-0.4, -0.2) is 39.3 Å². The molecule has 1 saturated carbocycles. The first-order valence-electron chi connectivity index (χ1n) is 10.3. The topological polar surface area (TPSA) is 45.6 Å². The fourth-order valence-corrected chi connectivity index (χ4v) is 3.36. The summed E-state index contributed by atoms with van der Waals surface area (Å²) in [6.45, 7) is 4.03. The number of benzene rings is 1. The van der Waals surface area contributed by atoms with Crippen LogP contribution in [0.25, 0.3) is 0 Å². The SMILES string of the molecule is CCCCN(CC(=O)N(Cc1ccccc1)Cc1cccn1C)C(=O)C1CC1. The second-order valence-electron chi connectivity index (χ2n) is 7.73. The van der Waals surface area contributed by atoms with Crippen LogP contribution in [0, 0.1) is 5.92 Å². The van der Waals surface area contributed by atoms with Crippen molar-refractivity contribution in [2.75, 3.05) is 13.1 Å². The third-order valence-electron chi connectivity index (χ3n) is 5.32. The van der Waals surface area contributed by atoms with Crippen molar-refractivity contribution in [3.63, 3.8) is 0 Å². The predicted octanol–water partition coefficient (Wildman–Crippen LogP) is 3.59. The molecule has 5 heteroatoms. The molecule has 3 rings (SSSR count). The summed E-state index contributed by atoms with van der Waals surface area (Å²) in [5, 5.41) is 0. The van der Waals surface area contributed by atoms with Gasteiger partial charge in [0.15, 0.2) is 0 Å². The lowest BCUT2D eigenvalue weighted by Gasteiger charge is -2.28. The maximum atomic E-state index is 13.2. The van der Waals surface area contributed by atoms with Gasteiger partial charge in [-0.05, 0) is 37.0 Å². The van der Waals surface area contributed by atoms with Gasteiger partial charge in [-0.3, -0.25) is 9.59 Å². The van der Waals surface area contributed by atoms with Crippen LogP contribution < -0.4 is 0 Å². The lowest BCUT2D eigenvalue weighted by molar-refractivity contribution is -0.142. The summed E-state index contributed by atoms with van der Waals surface area (Å²) in [6.07, 6.45) is 5.87. The minimum Gasteiger partial charge on any atom is -0.353 e. The molecule has 0 N–H and O–H groups in total. The Morgan fingerprint density at radius 3 is 2.39 bits per heavy atom. The van der Waals surface area contributed by atoms with E-state index in [-0.39, 0.29) is 24.3 Å². The molecule has 1 aliphatic carbocycles. The molecule has 150 valence electrons. The first kappa shape index (κ1) is 20.2. The Bertz CT molecular complexity index is 780. The van der Waals surface area contributed by atoms with Gasteiger partial charge in [-0.1, -0.05) is 43.7 Å². The lowest BCUT2D eigenvalue weighted by atomic mass is 10.2. The highest BCUT2D eigenvalue weighted by Crippen LogP contribution is 2.31. The standard InChI is InChI=1S/C23H31N3O2/c1-3-4-15-25(23(28)20-12-13-20)18-22(27)26(16-19-9-6-5-7-10-19)17-21-11-8-14-24(21)2/h5-11,14,20H,3-4,12-13,15-18H2,1-2H3. The van der Waals surface area contributed by atoms with Gasteiger partial charge in [0.2, 0.25) is 11.8 Å². The summed E-state index contributed by atoms with van der Waals surface area (Å²) < 4.78 is 2.04. The molecule has 0 atom stereocenters. The molecule has 1 fully saturated rings. The minimum atomic E-state index is 0.00940. The summed E-state index contributed by atoms with van der Waals surface area (Å²) in [4.78, 5) is 29.5. The molecule has 0 radical (unpaired) electrons. The van der Waals surface area contributed by atoms with E-state index in [9.17, 15) is 9.59 Å². The largest absolute Gasteiger partial charge is 0.353 e. The average Bonchev–Trinajstić information content (AvgIpc) is 3.48. The van der Waals surface area contributed by atoms with E-state index in [1.165, 1.54) is 0 Å². The number of rotatable bonds is 10. The van der Waals surface area contributed by atoms with Crippen LogP contribution >= 0.6 is 0 Å². The van der Waals surface area contributed by atoms with E-state index in [0.29, 0.717) is 19.6 Å². The number of carbonyl (C=O) groups is 2. The zero-order chi connectivity index (χ0) is 19.9. The van der Waals surface area contributed by atoms with Gasteiger partial charge in [0.05, 0.1) is 13.1 Å². The number of aryl methyl sites for hydroxylation is 1. The van der Waals surface area contributed by atoms with Gasteiger partial charge >= 0.3 is 0 Å². The summed E-state index contributed by atoms with van der Waals surface area (Å²) in [7, 11) is 1.99. The minimum absolute atomic E-state index is 0.00940. The molecular weight excluding hydrogens is 350 g/mol. The average molecular weight is 382 g/mol. The summed E-state index contributed by atoms with van der Waals surface area (Å²) in [6, 6.07) is 14.1. The van der Waals surface area contributed by atoms with Gasteiger partial charge in [-0.25, -0.2) is 0 Å². The third-order valence-corrected chi connectivity index (χ3v) is 5.32. The number of hydrogen-bond acceptors (Lipinski definition) is 2. The van der Waals surface area contributed by atoms with Crippen molar-refractivity contribution >= 4 is 11.8 Å². The highest BCUT2D eigenvalue weighted by molar-refractivity contribution is 5.87. The van der Waals surface area contributed by atoms with E-state index < -0.39 is 0 Å². The van der Waals surface area contributed by atoms with Crippen molar-refractivity contribution < 1.29 is 9.59 Å². The second-order valence-corrected chi connectivity index (χ2v) is 7.73. The maximum absolute atomic E-state index is 13.2. The first-order valence-corrected chi connectivity index (χ1v) is 10.3. The summed E-state index contributed by atoms with van der Waals surface area (Å²) >= 11 is 0. The molecule has 0 saturated heterocycles. The molecule has 2 amide bonds. The molecule has 1 heterocycles. The maximum Gasteiger partial charge on any atom is 0.242 e. The van der Waals surface area contributed by atoms with Crippen molar-refractivity contribution in [2.45, 2.75) is 45.7 Å². The van der Waals surface area contributed by atoms with Crippen molar-refractivity contribution in [3.8, 4) is 0 Å². The van der Waals surface area contributed by atoms with E-state index in [0.717, 1.165) is 36.9 Å². The van der Waals surface area contributed by atoms with E-state index in [1.807, 2.05) is 65.2 Å². The first-order chi connectivity index (χ1) is 13.6. The van der Waals surface area contributed by atoms with E-state index in [1.54, 1.807) is 4.90 Å². The highest BCUT2D eigenvalue weighted by Gasteiger charge is 2.34. The van der Waals surface area contributed by atoms with Gasteiger partial charge in [0, 0.05) is 37.9 Å². The van der Waals surface area contributed by atoms with Crippen molar-refractivity contribution in [1.29, 1.82) is 0 Å². The Morgan fingerprint density at radius 2 is 1.79 bits per heavy atom. The molecule has 1 aromatic heterocycles. The third kappa shape index (κ3) is 5.47. The zero-order valence-corrected chi connectivity index (χ0v) is 17.0. The van der Waals surface area contributed by atoms with Gasteiger partial charge < -0.3 is 14.4 Å². The molecular formula is C23H31N3O2. The van der Waals surface area contributed by atoms with Crippen LogP contribution in [0.3, 0.4) is 0 Å². The number of hydrogen-bond donors (Lipinski definition) is 0. The molecule has 5 nitrogen and oxygen atoms in total. The van der Waals surface area contributed by atoms with Crippen LogP contribution in [0.15, 0.2) is 48.7 Å². The normalized spacial score (nSPS) is 13.4. The van der Waals surface area contributed by atoms with E-state index in [4.69, 9.17) is 0 Å². The second kappa shape index (κ2) is 9.58. The van der Waals surface area contributed by atoms with E-state index in [2.05, 4.69) is 6.92 Å². The molecule has 0 spiro atoms. The molecule has 0 aliphatic heterocycles. The fourth-order valence-electron chi connectivity index (χ4n) is 3.36. The van der Waals surface area contributed by atoms with E-state index >= 15 is 0 Å². The van der Waals surface area contributed by atoms with Crippen molar-refractivity contribution in [3.05, 3.63) is 59.9 Å². The zero-order valence-electron chi connectivity index (χ0n) is 17.0. The molecule has 0 unspecified atom stereocenters. The van der Waals surface area contributed by atoms with Gasteiger partial charge in [0.25, 0.3) is 0 Å². The lowest BCUT2D eigenvalue weighted by Crippen LogP contribution is -2.43. The Hall–Kier alpha value is -2.56. The monoisotopic (exact) mass is 381 g/mol. The molecule has 0 bridgehead atoms. The molecule has 1 aliphatic rings. The predicted molar refractivity (Wildman–Crippen MR) is 110 cm³/mol. The molecule has 2 aromatic rings. The molecule has 28 heavy (non-hydrogen) atoms. The van der Waals surface area contributed by atoms with Crippen LogP contribution in [-0.2, 0) is 29.7 Å². The number of amides is 2. The van der Waals surface area contributed by atoms with Crippen molar-refractivity contribution in [2.24, 2.45) is 13.0 Å². The Morgan fingerprint density at radius 1 is 1.04 bits per heavy atom. The Kier molecular flexibility index (Phi) is 6.90. The highest BCUT2D eigenvalue weighted by atomic mass is 16.2. The van der Waals surface area contributed by atoms with Gasteiger partial charge in [0.1, 0.15) is 0 Å². The number of carbonyl (C=O) groups excluding carboxylic acids is 2. The smallest absolute Gasteiger partial charge is 0.242 e. The fraction of sp³-hybridized carbons (Fsp3) is 0.478. The Balaban J connectivity index is 1.73. The summed E-state index contributed by atoms with van der Waals surface area (Å²) in [5.74, 6) is 0.301. The summed E-state index contributed by atoms with van der Waals surface area (Å²) in [5.41, 5.74) is 2.18. The van der Waals surface area contributed by atoms with Crippen LogP contribution in [0.2, 0.25) is 0 Å². The Labute approximate surface area is 167 Å².